The van der Waals surface area contributed by atoms with Crippen molar-refractivity contribution in [1.29, 1.82) is 0 Å². The maximum atomic E-state index is 6.56. The molecule has 0 bridgehead atoms. The van der Waals surface area contributed by atoms with E-state index in [0.717, 1.165) is 61.8 Å². The quantitative estimate of drug-likeness (QED) is 0.166. The second kappa shape index (κ2) is 12.9. The third kappa shape index (κ3) is 5.06. The fourth-order valence-corrected chi connectivity index (χ4v) is 8.78. The summed E-state index contributed by atoms with van der Waals surface area (Å²) in [4.78, 5) is 15.0. The zero-order valence-corrected chi connectivity index (χ0v) is 30.4. The first-order valence-corrected chi connectivity index (χ1v) is 19.0. The van der Waals surface area contributed by atoms with Crippen molar-refractivity contribution in [3.8, 4) is 68.4 Å². The highest BCUT2D eigenvalue weighted by atomic mass is 16.5. The highest BCUT2D eigenvalue weighted by Crippen LogP contribution is 2.62. The third-order valence-corrected chi connectivity index (χ3v) is 11.3. The van der Waals surface area contributed by atoms with Crippen LogP contribution in [-0.2, 0) is 5.41 Å². The van der Waals surface area contributed by atoms with Gasteiger partial charge in [-0.15, -0.1) is 0 Å². The van der Waals surface area contributed by atoms with Crippen molar-refractivity contribution in [2.75, 3.05) is 0 Å². The zero-order chi connectivity index (χ0) is 37.1. The predicted octanol–water partition coefficient (Wildman–Crippen LogP) is 11.9. The van der Waals surface area contributed by atoms with Crippen LogP contribution in [0, 0.1) is 11.8 Å². The van der Waals surface area contributed by atoms with Crippen LogP contribution < -0.4 is 4.74 Å². The molecule has 0 amide bonds. The van der Waals surface area contributed by atoms with Crippen LogP contribution in [0.4, 0.5) is 0 Å². The van der Waals surface area contributed by atoms with Gasteiger partial charge in [0.2, 0.25) is 0 Å². The van der Waals surface area contributed by atoms with Crippen molar-refractivity contribution in [1.82, 2.24) is 15.0 Å². The first-order chi connectivity index (χ1) is 27.7. The highest BCUT2D eigenvalue weighted by Gasteiger charge is 2.51. The van der Waals surface area contributed by atoms with E-state index >= 15 is 0 Å². The molecule has 3 aliphatic rings. The largest absolute Gasteiger partial charge is 0.457 e. The minimum atomic E-state index is -0.517. The van der Waals surface area contributed by atoms with E-state index in [1.165, 1.54) is 22.3 Å². The van der Waals surface area contributed by atoms with E-state index in [1.807, 2.05) is 60.7 Å². The van der Waals surface area contributed by atoms with Gasteiger partial charge >= 0.3 is 0 Å². The summed E-state index contributed by atoms with van der Waals surface area (Å²) in [5.74, 6) is 10.6. The second-order valence-electron chi connectivity index (χ2n) is 14.5. The van der Waals surface area contributed by atoms with Gasteiger partial charge in [-0.1, -0.05) is 170 Å². The Morgan fingerprint density at radius 2 is 1.02 bits per heavy atom. The van der Waals surface area contributed by atoms with E-state index in [4.69, 9.17) is 19.7 Å². The van der Waals surface area contributed by atoms with Crippen LogP contribution in [0.2, 0.25) is 0 Å². The molecule has 0 fully saturated rings. The van der Waals surface area contributed by atoms with Crippen molar-refractivity contribution in [3.05, 3.63) is 216 Å². The van der Waals surface area contributed by atoms with Crippen molar-refractivity contribution < 1.29 is 4.74 Å². The number of para-hydroxylation sites is 2. The van der Waals surface area contributed by atoms with Gasteiger partial charge in [-0.3, -0.25) is 0 Å². The number of hydrogen-bond donors (Lipinski definition) is 0. The summed E-state index contributed by atoms with van der Waals surface area (Å²) in [6, 6.07) is 61.8. The number of rotatable bonds is 5. The maximum Gasteiger partial charge on any atom is 0.163 e. The molecule has 0 N–H and O–H groups in total. The molecule has 11 rings (SSSR count). The Morgan fingerprint density at radius 1 is 0.464 bits per heavy atom. The van der Waals surface area contributed by atoms with E-state index in [0.29, 0.717) is 18.1 Å². The number of ether oxygens (including phenoxy) is 1. The van der Waals surface area contributed by atoms with Crippen LogP contribution in [0.3, 0.4) is 0 Å². The Morgan fingerprint density at radius 3 is 1.71 bits per heavy atom. The summed E-state index contributed by atoms with van der Waals surface area (Å²) in [5, 5.41) is 0. The molecule has 1 atom stereocenters. The molecule has 7 aromatic carbocycles. The van der Waals surface area contributed by atoms with Gasteiger partial charge in [-0.05, 0) is 63.2 Å². The number of benzene rings is 7. The molecule has 0 radical (unpaired) electrons. The van der Waals surface area contributed by atoms with E-state index in [1.54, 1.807) is 0 Å². The molecule has 56 heavy (non-hydrogen) atoms. The summed E-state index contributed by atoms with van der Waals surface area (Å²) in [6.07, 6.45) is 2.87. The van der Waals surface area contributed by atoms with Gasteiger partial charge in [0.15, 0.2) is 11.6 Å². The Labute approximate surface area is 325 Å². The molecule has 1 aromatic heterocycles. The second-order valence-corrected chi connectivity index (χ2v) is 14.5. The number of allylic oxidation sites excluding steroid dienone is 2. The number of nitrogens with zero attached hydrogens (tertiary/aromatic N) is 3. The number of hydrogen-bond acceptors (Lipinski definition) is 4. The lowest BCUT2D eigenvalue weighted by Crippen LogP contribution is -2.32. The Hall–Kier alpha value is -7.35. The molecule has 1 unspecified atom stereocenters. The van der Waals surface area contributed by atoms with Gasteiger partial charge in [0.1, 0.15) is 17.3 Å². The normalized spacial score (nSPS) is 15.3. The minimum Gasteiger partial charge on any atom is -0.457 e. The molecule has 1 aliphatic heterocycles. The molecular formula is C52H33N3O. The van der Waals surface area contributed by atoms with Gasteiger partial charge < -0.3 is 4.74 Å². The van der Waals surface area contributed by atoms with Crippen molar-refractivity contribution >= 4 is 5.57 Å². The van der Waals surface area contributed by atoms with Gasteiger partial charge in [-0.25, -0.2) is 15.0 Å². The maximum absolute atomic E-state index is 6.56. The van der Waals surface area contributed by atoms with Crippen molar-refractivity contribution in [3.63, 3.8) is 0 Å². The topological polar surface area (TPSA) is 47.9 Å². The van der Waals surface area contributed by atoms with E-state index in [2.05, 4.69) is 133 Å². The average molecular weight is 716 g/mol. The highest BCUT2D eigenvalue weighted by molar-refractivity contribution is 5.91. The summed E-state index contributed by atoms with van der Waals surface area (Å²) >= 11 is 0. The fraction of sp³-hybridized carbons (Fsp3) is 0.0577. The molecule has 4 nitrogen and oxygen atoms in total. The van der Waals surface area contributed by atoms with Gasteiger partial charge in [0, 0.05) is 40.2 Å². The SMILES string of the molecule is C1#CC(c2cccc(-c3ccc4c(c3)C3(c5ccccc5Oc5ccccc53)c3ccccc3-4)c2)=CC(c2nc(-c3ccccc3)nc(-c3ccccc3)n2)C1. The van der Waals surface area contributed by atoms with E-state index < -0.39 is 5.41 Å². The summed E-state index contributed by atoms with van der Waals surface area (Å²) in [6.45, 7) is 0. The van der Waals surface area contributed by atoms with Crippen LogP contribution in [0.25, 0.3) is 50.6 Å². The number of aromatic nitrogens is 3. The molecule has 0 saturated carbocycles. The van der Waals surface area contributed by atoms with Crippen molar-refractivity contribution in [2.24, 2.45) is 0 Å². The van der Waals surface area contributed by atoms with E-state index in [-0.39, 0.29) is 5.92 Å². The molecular weight excluding hydrogens is 683 g/mol. The molecule has 1 spiro atoms. The smallest absolute Gasteiger partial charge is 0.163 e. The summed E-state index contributed by atoms with van der Waals surface area (Å²) in [7, 11) is 0. The Balaban J connectivity index is 1.01. The lowest BCUT2D eigenvalue weighted by Gasteiger charge is -2.39. The monoisotopic (exact) mass is 715 g/mol. The average Bonchev–Trinajstić information content (AvgIpc) is 3.57. The molecule has 262 valence electrons. The third-order valence-electron chi connectivity index (χ3n) is 11.3. The summed E-state index contributed by atoms with van der Waals surface area (Å²) < 4.78 is 6.56. The number of fused-ring (bicyclic) bond motifs is 9. The predicted molar refractivity (Wildman–Crippen MR) is 223 cm³/mol. The first-order valence-electron chi connectivity index (χ1n) is 19.0. The fourth-order valence-electron chi connectivity index (χ4n) is 8.78. The van der Waals surface area contributed by atoms with Crippen LogP contribution in [0.1, 0.15) is 46.0 Å². The van der Waals surface area contributed by atoms with Crippen LogP contribution in [0.15, 0.2) is 182 Å². The lowest BCUT2D eigenvalue weighted by atomic mass is 9.66. The molecule has 4 heteroatoms. The van der Waals surface area contributed by atoms with Gasteiger partial charge in [0.25, 0.3) is 0 Å². The molecule has 8 aromatic rings. The Kier molecular flexibility index (Phi) is 7.40. The standard InChI is InChI=1S/C52H33N3O/c1-3-15-34(16-4-1)49-53-50(35-17-5-2-6-18-35)55-51(54-49)40-22-14-21-38(32-40)36-19-13-20-37(31-36)39-29-30-42-41-23-7-8-24-43(41)52(46(42)33-39)44-25-9-11-27-47(44)56-48-28-12-10-26-45(48)52/h1-13,15-20,23-33,40H,22H2. The first kappa shape index (κ1) is 32.1. The van der Waals surface area contributed by atoms with Gasteiger partial charge in [0.05, 0.1) is 5.41 Å². The van der Waals surface area contributed by atoms with E-state index in [9.17, 15) is 0 Å². The molecule has 0 saturated heterocycles. The van der Waals surface area contributed by atoms with Crippen LogP contribution >= 0.6 is 0 Å². The summed E-state index contributed by atoms with van der Waals surface area (Å²) in [5.41, 5.74) is 13.1. The van der Waals surface area contributed by atoms with Crippen LogP contribution in [0.5, 0.6) is 11.5 Å². The zero-order valence-electron chi connectivity index (χ0n) is 30.4. The molecule has 2 heterocycles. The van der Waals surface area contributed by atoms with Gasteiger partial charge in [-0.2, -0.15) is 0 Å². The lowest BCUT2D eigenvalue weighted by molar-refractivity contribution is 0.436. The minimum absolute atomic E-state index is 0.0881. The van der Waals surface area contributed by atoms with Crippen molar-refractivity contribution in [2.45, 2.75) is 17.8 Å². The molecule has 2 aliphatic carbocycles. The Bertz CT molecular complexity index is 2830. The van der Waals surface area contributed by atoms with Crippen LogP contribution in [-0.4, -0.2) is 15.0 Å².